The highest BCUT2D eigenvalue weighted by Gasteiger charge is 2.35. The van der Waals surface area contributed by atoms with E-state index in [1.807, 2.05) is 6.92 Å². The molecule has 1 unspecified atom stereocenters. The monoisotopic (exact) mass is 270 g/mol. The molecule has 0 radical (unpaired) electrons. The third-order valence-corrected chi connectivity index (χ3v) is 2.71. The number of hydrogen-bond acceptors (Lipinski definition) is 2. The van der Waals surface area contributed by atoms with Crippen molar-refractivity contribution < 1.29 is 9.53 Å². The first-order chi connectivity index (χ1) is 6.10. The van der Waals surface area contributed by atoms with E-state index in [-0.39, 0.29) is 5.97 Å². The third kappa shape index (κ3) is 4.32. The van der Waals surface area contributed by atoms with E-state index in [1.54, 1.807) is 6.92 Å². The molecule has 0 amide bonds. The van der Waals surface area contributed by atoms with E-state index in [0.29, 0.717) is 19.4 Å². The van der Waals surface area contributed by atoms with Gasteiger partial charge in [0, 0.05) is 5.33 Å². The van der Waals surface area contributed by atoms with E-state index in [4.69, 9.17) is 16.3 Å². The normalized spacial score (nSPS) is 15.1. The van der Waals surface area contributed by atoms with Crippen LogP contribution in [-0.4, -0.2) is 22.8 Å². The van der Waals surface area contributed by atoms with Crippen molar-refractivity contribution in [1.29, 1.82) is 0 Å². The molecular formula is C9H16BrClO2. The summed E-state index contributed by atoms with van der Waals surface area (Å²) in [5.41, 5.74) is 0. The second kappa shape index (κ2) is 6.66. The molecule has 0 aromatic rings. The Labute approximate surface area is 93.1 Å². The predicted molar refractivity (Wildman–Crippen MR) is 58.5 cm³/mol. The van der Waals surface area contributed by atoms with Gasteiger partial charge in [0.1, 0.15) is 4.87 Å². The first-order valence-electron chi connectivity index (χ1n) is 4.52. The van der Waals surface area contributed by atoms with Crippen molar-refractivity contribution in [2.75, 3.05) is 11.9 Å². The van der Waals surface area contributed by atoms with Crippen molar-refractivity contribution >= 4 is 33.5 Å². The lowest BCUT2D eigenvalue weighted by atomic mass is 10.00. The van der Waals surface area contributed by atoms with Crippen LogP contribution in [0.1, 0.15) is 33.1 Å². The molecule has 2 nitrogen and oxygen atoms in total. The summed E-state index contributed by atoms with van der Waals surface area (Å²) in [6.45, 7) is 4.18. The quantitative estimate of drug-likeness (QED) is 0.548. The largest absolute Gasteiger partial charge is 0.465 e. The van der Waals surface area contributed by atoms with Gasteiger partial charge in [-0.1, -0.05) is 29.3 Å². The number of carbonyl (C=O) groups excluding carboxylic acids is 1. The molecule has 0 aromatic heterocycles. The lowest BCUT2D eigenvalue weighted by molar-refractivity contribution is -0.146. The van der Waals surface area contributed by atoms with E-state index in [0.717, 1.165) is 11.8 Å². The van der Waals surface area contributed by atoms with Crippen molar-refractivity contribution in [3.05, 3.63) is 0 Å². The summed E-state index contributed by atoms with van der Waals surface area (Å²) in [4.78, 5) is 10.6. The maximum absolute atomic E-state index is 11.5. The lowest BCUT2D eigenvalue weighted by Gasteiger charge is -2.23. The fourth-order valence-corrected chi connectivity index (χ4v) is 2.38. The molecule has 13 heavy (non-hydrogen) atoms. The number of halogens is 2. The highest BCUT2D eigenvalue weighted by Crippen LogP contribution is 2.28. The van der Waals surface area contributed by atoms with Crippen LogP contribution in [0.3, 0.4) is 0 Å². The van der Waals surface area contributed by atoms with Gasteiger partial charge in [0.2, 0.25) is 0 Å². The van der Waals surface area contributed by atoms with E-state index in [9.17, 15) is 4.79 Å². The van der Waals surface area contributed by atoms with Crippen LogP contribution >= 0.6 is 27.5 Å². The summed E-state index contributed by atoms with van der Waals surface area (Å²) >= 11 is 9.45. The zero-order valence-electron chi connectivity index (χ0n) is 8.11. The summed E-state index contributed by atoms with van der Waals surface area (Å²) in [6, 6.07) is 0. The van der Waals surface area contributed by atoms with E-state index in [2.05, 4.69) is 15.9 Å². The first-order valence-corrected chi connectivity index (χ1v) is 6.02. The Hall–Kier alpha value is 0.240. The summed E-state index contributed by atoms with van der Waals surface area (Å²) in [7, 11) is 0. The highest BCUT2D eigenvalue weighted by molar-refractivity contribution is 9.09. The Balaban J connectivity index is 4.27. The molecule has 0 rings (SSSR count). The van der Waals surface area contributed by atoms with Crippen LogP contribution in [-0.2, 0) is 9.53 Å². The molecular weight excluding hydrogens is 255 g/mol. The standard InChI is InChI=1S/C9H16BrClO2/c1-3-5-9(11,6-7-10)8(12)13-4-2/h3-7H2,1-2H3. The summed E-state index contributed by atoms with van der Waals surface area (Å²) in [5.74, 6) is -0.294. The van der Waals surface area contributed by atoms with E-state index in [1.165, 1.54) is 0 Å². The second-order valence-corrected chi connectivity index (χ2v) is 4.39. The van der Waals surface area contributed by atoms with Crippen LogP contribution in [0, 0.1) is 0 Å². The van der Waals surface area contributed by atoms with Crippen molar-refractivity contribution in [1.82, 2.24) is 0 Å². The van der Waals surface area contributed by atoms with Gasteiger partial charge in [0.15, 0.2) is 0 Å². The van der Waals surface area contributed by atoms with Crippen LogP contribution in [0.4, 0.5) is 0 Å². The van der Waals surface area contributed by atoms with Gasteiger partial charge < -0.3 is 4.74 Å². The molecule has 4 heteroatoms. The molecule has 0 fully saturated rings. The van der Waals surface area contributed by atoms with Gasteiger partial charge in [0.05, 0.1) is 6.61 Å². The molecule has 0 aromatic carbocycles. The van der Waals surface area contributed by atoms with Gasteiger partial charge in [0.25, 0.3) is 0 Å². The van der Waals surface area contributed by atoms with Crippen LogP contribution < -0.4 is 0 Å². The molecule has 0 saturated carbocycles. The van der Waals surface area contributed by atoms with Crippen molar-refractivity contribution in [2.45, 2.75) is 38.0 Å². The third-order valence-electron chi connectivity index (χ3n) is 1.78. The van der Waals surface area contributed by atoms with Gasteiger partial charge in [-0.2, -0.15) is 0 Å². The molecule has 0 aliphatic rings. The van der Waals surface area contributed by atoms with E-state index >= 15 is 0 Å². The number of carbonyl (C=O) groups is 1. The Morgan fingerprint density at radius 3 is 2.46 bits per heavy atom. The molecule has 0 spiro atoms. The molecule has 0 aliphatic heterocycles. The van der Waals surface area contributed by atoms with Crippen molar-refractivity contribution in [3.63, 3.8) is 0 Å². The molecule has 0 bridgehead atoms. The number of alkyl halides is 2. The SMILES string of the molecule is CCCC(Cl)(CCBr)C(=O)OCC. The number of hydrogen-bond donors (Lipinski definition) is 0. The Morgan fingerprint density at radius 2 is 2.08 bits per heavy atom. The van der Waals surface area contributed by atoms with Crippen LogP contribution in [0.2, 0.25) is 0 Å². The smallest absolute Gasteiger partial charge is 0.327 e. The molecule has 0 aliphatic carbocycles. The fraction of sp³-hybridized carbons (Fsp3) is 0.889. The molecule has 1 atom stereocenters. The molecule has 0 saturated heterocycles. The van der Waals surface area contributed by atoms with Gasteiger partial charge in [-0.25, -0.2) is 0 Å². The van der Waals surface area contributed by atoms with E-state index < -0.39 is 4.87 Å². The summed E-state index contributed by atoms with van der Waals surface area (Å²) < 4.78 is 4.92. The van der Waals surface area contributed by atoms with Crippen molar-refractivity contribution in [3.8, 4) is 0 Å². The summed E-state index contributed by atoms with van der Waals surface area (Å²) in [5, 5.41) is 0.718. The van der Waals surface area contributed by atoms with Gasteiger partial charge in [-0.15, -0.1) is 11.6 Å². The van der Waals surface area contributed by atoms with Gasteiger partial charge >= 0.3 is 5.97 Å². The Morgan fingerprint density at radius 1 is 1.46 bits per heavy atom. The average molecular weight is 272 g/mol. The Kier molecular flexibility index (Phi) is 6.78. The number of rotatable bonds is 6. The molecule has 0 N–H and O–H groups in total. The minimum Gasteiger partial charge on any atom is -0.465 e. The Bertz CT molecular complexity index is 156. The van der Waals surface area contributed by atoms with Crippen LogP contribution in [0.5, 0.6) is 0 Å². The average Bonchev–Trinajstić information content (AvgIpc) is 2.05. The lowest BCUT2D eigenvalue weighted by Crippen LogP contribution is -2.34. The maximum atomic E-state index is 11.5. The van der Waals surface area contributed by atoms with Gasteiger partial charge in [-0.3, -0.25) is 4.79 Å². The molecule has 0 heterocycles. The second-order valence-electron chi connectivity index (χ2n) is 2.87. The minimum atomic E-state index is -0.825. The topological polar surface area (TPSA) is 26.3 Å². The number of esters is 1. The van der Waals surface area contributed by atoms with Crippen molar-refractivity contribution in [2.24, 2.45) is 0 Å². The zero-order valence-corrected chi connectivity index (χ0v) is 10.4. The van der Waals surface area contributed by atoms with Crippen LogP contribution in [0.15, 0.2) is 0 Å². The molecule has 78 valence electrons. The highest BCUT2D eigenvalue weighted by atomic mass is 79.9. The van der Waals surface area contributed by atoms with Crippen LogP contribution in [0.25, 0.3) is 0 Å². The number of ether oxygens (including phenoxy) is 1. The zero-order chi connectivity index (χ0) is 10.3. The minimum absolute atomic E-state index is 0.294. The maximum Gasteiger partial charge on any atom is 0.327 e. The van der Waals surface area contributed by atoms with Gasteiger partial charge in [-0.05, 0) is 19.8 Å². The first kappa shape index (κ1) is 13.2. The fourth-order valence-electron chi connectivity index (χ4n) is 1.14. The summed E-state index contributed by atoms with van der Waals surface area (Å²) in [6.07, 6.45) is 2.16. The predicted octanol–water partition coefficient (Wildman–Crippen LogP) is 3.11.